The lowest BCUT2D eigenvalue weighted by Crippen LogP contribution is -2.29. The van der Waals surface area contributed by atoms with E-state index in [0.717, 1.165) is 5.56 Å². The minimum absolute atomic E-state index is 0. The van der Waals surface area contributed by atoms with Crippen molar-refractivity contribution in [1.29, 1.82) is 0 Å². The SMILES string of the molecule is Cl.NC(CC(=O)NCCCOc1ccc(F)cc1)c1ccccc1. The van der Waals surface area contributed by atoms with E-state index in [2.05, 4.69) is 5.32 Å². The molecule has 2 aromatic carbocycles. The zero-order chi connectivity index (χ0) is 16.5. The van der Waals surface area contributed by atoms with Gasteiger partial charge in [0, 0.05) is 19.0 Å². The number of nitrogens with one attached hydrogen (secondary N) is 1. The Balaban J connectivity index is 0.00000288. The van der Waals surface area contributed by atoms with Gasteiger partial charge >= 0.3 is 0 Å². The maximum absolute atomic E-state index is 12.7. The fourth-order valence-corrected chi connectivity index (χ4v) is 2.11. The van der Waals surface area contributed by atoms with Crippen molar-refractivity contribution in [2.45, 2.75) is 18.9 Å². The molecule has 4 nitrogen and oxygen atoms in total. The smallest absolute Gasteiger partial charge is 0.221 e. The van der Waals surface area contributed by atoms with Crippen LogP contribution >= 0.6 is 12.4 Å². The van der Waals surface area contributed by atoms with Crippen LogP contribution in [0.4, 0.5) is 4.39 Å². The first-order valence-corrected chi connectivity index (χ1v) is 7.61. The van der Waals surface area contributed by atoms with Crippen LogP contribution in [0.1, 0.15) is 24.4 Å². The van der Waals surface area contributed by atoms with Crippen LogP contribution in [0.5, 0.6) is 5.75 Å². The van der Waals surface area contributed by atoms with Gasteiger partial charge in [-0.15, -0.1) is 12.4 Å². The molecular weight excluding hydrogens is 331 g/mol. The van der Waals surface area contributed by atoms with Crippen LogP contribution in [0, 0.1) is 5.82 Å². The number of carbonyl (C=O) groups excluding carboxylic acids is 1. The predicted octanol–water partition coefficient (Wildman–Crippen LogP) is 3.22. The third kappa shape index (κ3) is 6.98. The van der Waals surface area contributed by atoms with E-state index >= 15 is 0 Å². The summed E-state index contributed by atoms with van der Waals surface area (Å²) in [4.78, 5) is 11.8. The van der Waals surface area contributed by atoms with E-state index in [1.165, 1.54) is 12.1 Å². The van der Waals surface area contributed by atoms with Crippen LogP contribution in [-0.2, 0) is 4.79 Å². The normalized spacial score (nSPS) is 11.2. The van der Waals surface area contributed by atoms with E-state index in [9.17, 15) is 9.18 Å². The maximum atomic E-state index is 12.7. The standard InChI is InChI=1S/C18H21FN2O2.ClH/c19-15-7-9-16(10-8-15)23-12-4-11-21-18(22)13-17(20)14-5-2-1-3-6-14;/h1-3,5-10,17H,4,11-13,20H2,(H,21,22);1H. The molecular formula is C18H22ClFN2O2. The second-order valence-corrected chi connectivity index (χ2v) is 5.23. The molecule has 0 aliphatic heterocycles. The number of hydrogen-bond acceptors (Lipinski definition) is 3. The molecule has 130 valence electrons. The summed E-state index contributed by atoms with van der Waals surface area (Å²) in [5, 5.41) is 2.82. The van der Waals surface area contributed by atoms with Gasteiger partial charge in [0.2, 0.25) is 5.91 Å². The van der Waals surface area contributed by atoms with Crippen molar-refractivity contribution in [3.8, 4) is 5.75 Å². The number of amides is 1. The van der Waals surface area contributed by atoms with Crippen LogP contribution in [0.15, 0.2) is 54.6 Å². The summed E-state index contributed by atoms with van der Waals surface area (Å²) >= 11 is 0. The molecule has 0 spiro atoms. The molecule has 0 radical (unpaired) electrons. The van der Waals surface area contributed by atoms with Crippen LogP contribution in [0.25, 0.3) is 0 Å². The second kappa shape index (κ2) is 10.6. The summed E-state index contributed by atoms with van der Waals surface area (Å²) in [6.45, 7) is 0.970. The average molecular weight is 353 g/mol. The molecule has 0 saturated carbocycles. The molecule has 0 aliphatic carbocycles. The maximum Gasteiger partial charge on any atom is 0.221 e. The monoisotopic (exact) mass is 352 g/mol. The van der Waals surface area contributed by atoms with Gasteiger partial charge in [0.05, 0.1) is 6.61 Å². The summed E-state index contributed by atoms with van der Waals surface area (Å²) in [5.74, 6) is 0.242. The highest BCUT2D eigenvalue weighted by atomic mass is 35.5. The van der Waals surface area contributed by atoms with Crippen LogP contribution in [-0.4, -0.2) is 19.1 Å². The Morgan fingerprint density at radius 1 is 1.12 bits per heavy atom. The largest absolute Gasteiger partial charge is 0.494 e. The molecule has 2 aromatic rings. The van der Waals surface area contributed by atoms with E-state index in [-0.39, 0.29) is 36.6 Å². The van der Waals surface area contributed by atoms with Crippen molar-refractivity contribution in [3.05, 3.63) is 66.0 Å². The van der Waals surface area contributed by atoms with E-state index in [1.807, 2.05) is 30.3 Å². The Morgan fingerprint density at radius 2 is 1.79 bits per heavy atom. The molecule has 2 rings (SSSR count). The van der Waals surface area contributed by atoms with Gasteiger partial charge in [0.25, 0.3) is 0 Å². The molecule has 1 atom stereocenters. The van der Waals surface area contributed by atoms with Crippen molar-refractivity contribution in [2.75, 3.05) is 13.2 Å². The van der Waals surface area contributed by atoms with E-state index in [0.29, 0.717) is 25.3 Å². The van der Waals surface area contributed by atoms with E-state index in [4.69, 9.17) is 10.5 Å². The molecule has 0 fully saturated rings. The van der Waals surface area contributed by atoms with Crippen molar-refractivity contribution in [1.82, 2.24) is 5.32 Å². The van der Waals surface area contributed by atoms with Crippen molar-refractivity contribution < 1.29 is 13.9 Å². The Kier molecular flexibility index (Phi) is 8.83. The first-order valence-electron chi connectivity index (χ1n) is 7.61. The third-order valence-electron chi connectivity index (χ3n) is 3.36. The lowest BCUT2D eigenvalue weighted by Gasteiger charge is -2.12. The molecule has 24 heavy (non-hydrogen) atoms. The topological polar surface area (TPSA) is 64.4 Å². The lowest BCUT2D eigenvalue weighted by atomic mass is 10.0. The molecule has 0 aliphatic rings. The number of carbonyl (C=O) groups is 1. The van der Waals surface area contributed by atoms with Gasteiger partial charge in [-0.3, -0.25) is 4.79 Å². The van der Waals surface area contributed by atoms with Gasteiger partial charge in [0.15, 0.2) is 0 Å². The number of nitrogens with two attached hydrogens (primary N) is 1. The molecule has 3 N–H and O–H groups in total. The third-order valence-corrected chi connectivity index (χ3v) is 3.36. The zero-order valence-corrected chi connectivity index (χ0v) is 14.1. The van der Waals surface area contributed by atoms with Crippen molar-refractivity contribution >= 4 is 18.3 Å². The first-order chi connectivity index (χ1) is 11.1. The van der Waals surface area contributed by atoms with Crippen LogP contribution < -0.4 is 15.8 Å². The van der Waals surface area contributed by atoms with Gasteiger partial charge in [-0.05, 0) is 36.2 Å². The zero-order valence-electron chi connectivity index (χ0n) is 13.3. The summed E-state index contributed by atoms with van der Waals surface area (Å²) in [5.41, 5.74) is 6.94. The minimum atomic E-state index is -0.299. The predicted molar refractivity (Wildman–Crippen MR) is 94.8 cm³/mol. The highest BCUT2D eigenvalue weighted by molar-refractivity contribution is 5.85. The average Bonchev–Trinajstić information content (AvgIpc) is 2.57. The molecule has 1 amide bonds. The van der Waals surface area contributed by atoms with Gasteiger partial charge in [-0.2, -0.15) is 0 Å². The van der Waals surface area contributed by atoms with Crippen LogP contribution in [0.3, 0.4) is 0 Å². The fraction of sp³-hybridized carbons (Fsp3) is 0.278. The molecule has 0 aromatic heterocycles. The molecule has 0 heterocycles. The lowest BCUT2D eigenvalue weighted by molar-refractivity contribution is -0.121. The quantitative estimate of drug-likeness (QED) is 0.717. The van der Waals surface area contributed by atoms with Gasteiger partial charge in [0.1, 0.15) is 11.6 Å². The summed E-state index contributed by atoms with van der Waals surface area (Å²) < 4.78 is 18.2. The molecule has 0 bridgehead atoms. The number of rotatable bonds is 8. The number of halogens is 2. The van der Waals surface area contributed by atoms with E-state index < -0.39 is 0 Å². The van der Waals surface area contributed by atoms with Crippen molar-refractivity contribution in [2.24, 2.45) is 5.73 Å². The Morgan fingerprint density at radius 3 is 2.46 bits per heavy atom. The Bertz CT molecular complexity index is 608. The minimum Gasteiger partial charge on any atom is -0.494 e. The molecule has 6 heteroatoms. The summed E-state index contributed by atoms with van der Waals surface area (Å²) in [6, 6.07) is 15.1. The van der Waals surface area contributed by atoms with E-state index in [1.54, 1.807) is 12.1 Å². The molecule has 0 saturated heterocycles. The number of hydrogen-bond donors (Lipinski definition) is 2. The Hall–Kier alpha value is -2.11. The highest BCUT2D eigenvalue weighted by Crippen LogP contribution is 2.13. The molecule has 1 unspecified atom stereocenters. The number of benzene rings is 2. The number of ether oxygens (including phenoxy) is 1. The first kappa shape index (κ1) is 19.9. The van der Waals surface area contributed by atoms with Gasteiger partial charge in [-0.25, -0.2) is 4.39 Å². The Labute approximate surface area is 147 Å². The summed E-state index contributed by atoms with van der Waals surface area (Å²) in [7, 11) is 0. The summed E-state index contributed by atoms with van der Waals surface area (Å²) in [6.07, 6.45) is 0.923. The highest BCUT2D eigenvalue weighted by Gasteiger charge is 2.10. The van der Waals surface area contributed by atoms with Gasteiger partial charge < -0.3 is 15.8 Å². The van der Waals surface area contributed by atoms with Gasteiger partial charge in [-0.1, -0.05) is 30.3 Å². The van der Waals surface area contributed by atoms with Crippen LogP contribution in [0.2, 0.25) is 0 Å². The second-order valence-electron chi connectivity index (χ2n) is 5.23. The van der Waals surface area contributed by atoms with Crippen molar-refractivity contribution in [3.63, 3.8) is 0 Å². The fourth-order valence-electron chi connectivity index (χ4n) is 2.11.